The highest BCUT2D eigenvalue weighted by Gasteiger charge is 2.20. The normalized spacial score (nSPS) is 13.6. The molecule has 1 aliphatic rings. The zero-order valence-electron chi connectivity index (χ0n) is 19.5. The molecule has 2 heterocycles. The van der Waals surface area contributed by atoms with Crippen molar-refractivity contribution in [2.24, 2.45) is 0 Å². The fourth-order valence-corrected chi connectivity index (χ4v) is 4.63. The van der Waals surface area contributed by atoms with Crippen LogP contribution in [0.15, 0.2) is 54.7 Å². The second-order valence-corrected chi connectivity index (χ2v) is 9.91. The summed E-state index contributed by atoms with van der Waals surface area (Å²) in [6.45, 7) is 2.05. The van der Waals surface area contributed by atoms with Gasteiger partial charge in [0.1, 0.15) is 6.54 Å². The van der Waals surface area contributed by atoms with Crippen LogP contribution >= 0.6 is 0 Å². The zero-order chi connectivity index (χ0) is 25.7. The van der Waals surface area contributed by atoms with Gasteiger partial charge in [-0.25, -0.2) is 23.2 Å². The van der Waals surface area contributed by atoms with Crippen LogP contribution in [-0.2, 0) is 14.8 Å². The van der Waals surface area contributed by atoms with Crippen molar-refractivity contribution in [2.45, 2.75) is 0 Å². The second-order valence-electron chi connectivity index (χ2n) is 8.00. The number of carbonyl (C=O) groups is 1. The predicted molar refractivity (Wildman–Crippen MR) is 135 cm³/mol. The minimum Gasteiger partial charge on any atom is -0.478 e. The highest BCUT2D eigenvalue weighted by molar-refractivity contribution is 7.92. The standard InChI is InChI=1S/C24H24N6O5S/c1-36(33,34)30(11-9-25)19-5-2-17(3-6-19)21-8-10-26-24(28-21)27-18-4-7-22(20(16-18)23(31)32)29-12-14-35-15-13-29/h2-8,10,16H,11-15H2,1H3,(H,31,32)(H,26,27,28). The molecule has 0 aliphatic carbocycles. The number of aromatic nitrogens is 2. The van der Waals surface area contributed by atoms with Gasteiger partial charge in [0.2, 0.25) is 16.0 Å². The van der Waals surface area contributed by atoms with E-state index in [1.807, 2.05) is 11.0 Å². The molecule has 11 nitrogen and oxygen atoms in total. The molecule has 12 heteroatoms. The molecule has 186 valence electrons. The Bertz CT molecular complexity index is 1400. The minimum absolute atomic E-state index is 0.168. The molecule has 0 radical (unpaired) electrons. The van der Waals surface area contributed by atoms with Crippen LogP contribution in [0.2, 0.25) is 0 Å². The van der Waals surface area contributed by atoms with Gasteiger partial charge >= 0.3 is 5.97 Å². The van der Waals surface area contributed by atoms with E-state index in [2.05, 4.69) is 15.3 Å². The van der Waals surface area contributed by atoms with Crippen LogP contribution in [0.25, 0.3) is 11.3 Å². The van der Waals surface area contributed by atoms with Crippen molar-refractivity contribution in [3.63, 3.8) is 0 Å². The van der Waals surface area contributed by atoms with E-state index in [1.54, 1.807) is 54.7 Å². The summed E-state index contributed by atoms with van der Waals surface area (Å²) >= 11 is 0. The van der Waals surface area contributed by atoms with E-state index < -0.39 is 16.0 Å². The van der Waals surface area contributed by atoms with Crippen LogP contribution in [0, 0.1) is 11.3 Å². The summed E-state index contributed by atoms with van der Waals surface area (Å²) in [5.74, 6) is -0.760. The van der Waals surface area contributed by atoms with Gasteiger partial charge in [0.15, 0.2) is 0 Å². The molecule has 1 saturated heterocycles. The van der Waals surface area contributed by atoms with Crippen LogP contribution in [-0.4, -0.2) is 68.6 Å². The summed E-state index contributed by atoms with van der Waals surface area (Å²) in [5.41, 5.74) is 2.98. The van der Waals surface area contributed by atoms with Crippen LogP contribution in [0.3, 0.4) is 0 Å². The van der Waals surface area contributed by atoms with Gasteiger partial charge in [-0.1, -0.05) is 12.1 Å². The number of anilines is 4. The summed E-state index contributed by atoms with van der Waals surface area (Å²) in [6.07, 6.45) is 2.61. The van der Waals surface area contributed by atoms with Crippen molar-refractivity contribution < 1.29 is 23.1 Å². The third kappa shape index (κ3) is 5.70. The molecule has 0 saturated carbocycles. The average Bonchev–Trinajstić information content (AvgIpc) is 2.87. The zero-order valence-corrected chi connectivity index (χ0v) is 20.3. The highest BCUT2D eigenvalue weighted by atomic mass is 32.2. The molecule has 1 aromatic heterocycles. The molecule has 0 bridgehead atoms. The number of hydrogen-bond acceptors (Lipinski definition) is 9. The Hall–Kier alpha value is -4.21. The number of nitrogens with zero attached hydrogens (tertiary/aromatic N) is 5. The summed E-state index contributed by atoms with van der Waals surface area (Å²) < 4.78 is 30.3. The van der Waals surface area contributed by atoms with Crippen molar-refractivity contribution in [1.82, 2.24) is 9.97 Å². The lowest BCUT2D eigenvalue weighted by atomic mass is 10.1. The molecule has 0 amide bonds. The SMILES string of the molecule is CS(=O)(=O)N(CC#N)c1ccc(-c2ccnc(Nc3ccc(N4CCOCC4)c(C(=O)O)c3)n2)cc1. The van der Waals surface area contributed by atoms with E-state index in [1.165, 1.54) is 0 Å². The smallest absolute Gasteiger partial charge is 0.337 e. The Morgan fingerprint density at radius 2 is 1.92 bits per heavy atom. The fourth-order valence-electron chi connectivity index (χ4n) is 3.84. The summed E-state index contributed by atoms with van der Waals surface area (Å²) in [5, 5.41) is 21.8. The molecule has 1 aliphatic heterocycles. The first-order valence-electron chi connectivity index (χ1n) is 11.0. The fraction of sp³-hybridized carbons (Fsp3) is 0.250. The van der Waals surface area contributed by atoms with E-state index in [0.717, 1.165) is 10.6 Å². The monoisotopic (exact) mass is 508 g/mol. The van der Waals surface area contributed by atoms with Gasteiger partial charge in [0.05, 0.1) is 48.2 Å². The minimum atomic E-state index is -3.59. The lowest BCUT2D eigenvalue weighted by molar-refractivity contribution is 0.0696. The number of morpholine rings is 1. The number of carboxylic acid groups (broad SMARTS) is 1. The van der Waals surface area contributed by atoms with Gasteiger partial charge in [-0.2, -0.15) is 5.26 Å². The topological polar surface area (TPSA) is 149 Å². The number of nitriles is 1. The summed E-state index contributed by atoms with van der Waals surface area (Å²) in [7, 11) is -3.59. The van der Waals surface area contributed by atoms with Crippen molar-refractivity contribution in [1.29, 1.82) is 5.26 Å². The third-order valence-corrected chi connectivity index (χ3v) is 6.70. The Morgan fingerprint density at radius 3 is 2.56 bits per heavy atom. The number of nitrogens with one attached hydrogen (secondary N) is 1. The Morgan fingerprint density at radius 1 is 1.19 bits per heavy atom. The molecular formula is C24H24N6O5S. The first-order valence-corrected chi connectivity index (χ1v) is 12.9. The summed E-state index contributed by atoms with van der Waals surface area (Å²) in [6, 6.07) is 15.3. The molecule has 0 spiro atoms. The lowest BCUT2D eigenvalue weighted by Crippen LogP contribution is -2.37. The maximum absolute atomic E-state index is 12.0. The number of ether oxygens (including phenoxy) is 1. The molecule has 36 heavy (non-hydrogen) atoms. The van der Waals surface area contributed by atoms with Crippen LogP contribution in [0.5, 0.6) is 0 Å². The molecule has 0 unspecified atom stereocenters. The molecule has 1 fully saturated rings. The third-order valence-electron chi connectivity index (χ3n) is 5.56. The Labute approximate surface area is 208 Å². The molecule has 2 N–H and O–H groups in total. The number of benzene rings is 2. The van der Waals surface area contributed by atoms with E-state index in [0.29, 0.717) is 54.6 Å². The number of sulfonamides is 1. The largest absolute Gasteiger partial charge is 0.478 e. The summed E-state index contributed by atoms with van der Waals surface area (Å²) in [4.78, 5) is 22.6. The van der Waals surface area contributed by atoms with Gasteiger partial charge in [-0.15, -0.1) is 0 Å². The van der Waals surface area contributed by atoms with E-state index in [-0.39, 0.29) is 18.1 Å². The predicted octanol–water partition coefficient (Wildman–Crippen LogP) is 2.71. The lowest BCUT2D eigenvalue weighted by Gasteiger charge is -2.30. The molecule has 4 rings (SSSR count). The van der Waals surface area contributed by atoms with E-state index in [9.17, 15) is 18.3 Å². The van der Waals surface area contributed by atoms with Crippen molar-refractivity contribution in [2.75, 3.05) is 53.6 Å². The van der Waals surface area contributed by atoms with Crippen molar-refractivity contribution in [3.05, 3.63) is 60.3 Å². The first-order chi connectivity index (χ1) is 17.3. The van der Waals surface area contributed by atoms with Crippen molar-refractivity contribution in [3.8, 4) is 17.3 Å². The molecule has 3 aromatic rings. The first kappa shape index (κ1) is 24.9. The highest BCUT2D eigenvalue weighted by Crippen LogP contribution is 2.28. The molecule has 0 atom stereocenters. The molecular weight excluding hydrogens is 484 g/mol. The Balaban J connectivity index is 1.56. The molecule has 2 aromatic carbocycles. The van der Waals surface area contributed by atoms with E-state index in [4.69, 9.17) is 10.00 Å². The quantitative estimate of drug-likeness (QED) is 0.435. The van der Waals surface area contributed by atoms with Gasteiger partial charge in [0, 0.05) is 30.5 Å². The van der Waals surface area contributed by atoms with Crippen LogP contribution in [0.4, 0.5) is 23.0 Å². The van der Waals surface area contributed by atoms with Crippen LogP contribution in [0.1, 0.15) is 10.4 Å². The van der Waals surface area contributed by atoms with Gasteiger partial charge in [0.25, 0.3) is 0 Å². The maximum Gasteiger partial charge on any atom is 0.337 e. The Kier molecular flexibility index (Phi) is 7.33. The van der Waals surface area contributed by atoms with Gasteiger partial charge < -0.3 is 20.1 Å². The van der Waals surface area contributed by atoms with Gasteiger partial charge in [-0.3, -0.25) is 4.31 Å². The van der Waals surface area contributed by atoms with Crippen LogP contribution < -0.4 is 14.5 Å². The average molecular weight is 509 g/mol. The second kappa shape index (κ2) is 10.6. The van der Waals surface area contributed by atoms with E-state index >= 15 is 0 Å². The number of hydrogen-bond donors (Lipinski definition) is 2. The maximum atomic E-state index is 12.0. The number of carboxylic acids is 1. The van der Waals surface area contributed by atoms with Crippen molar-refractivity contribution >= 4 is 39.0 Å². The number of rotatable bonds is 8. The van der Waals surface area contributed by atoms with Gasteiger partial charge in [-0.05, 0) is 36.4 Å². The number of aromatic carboxylic acids is 1.